The molecule has 0 fully saturated rings. The average molecular weight is 445 g/mol. The van der Waals surface area contributed by atoms with Crippen molar-refractivity contribution in [1.29, 1.82) is 5.26 Å². The zero-order chi connectivity index (χ0) is 22.6. The van der Waals surface area contributed by atoms with Crippen LogP contribution in [-0.2, 0) is 15.8 Å². The largest absolute Gasteiger partial charge is 0.418 e. The quantitative estimate of drug-likeness (QED) is 0.698. The summed E-state index contributed by atoms with van der Waals surface area (Å²) >= 11 is 0.908. The molecule has 0 spiro atoms. The molecule has 0 saturated heterocycles. The number of rotatable bonds is 5. The summed E-state index contributed by atoms with van der Waals surface area (Å²) in [4.78, 5) is 24.5. The number of anilines is 1. The number of aryl methyl sites for hydroxylation is 1. The van der Waals surface area contributed by atoms with Crippen molar-refractivity contribution in [2.75, 3.05) is 11.1 Å². The fourth-order valence-electron chi connectivity index (χ4n) is 3.18. The highest BCUT2D eigenvalue weighted by Crippen LogP contribution is 2.37. The van der Waals surface area contributed by atoms with Crippen molar-refractivity contribution in [1.82, 2.24) is 5.32 Å². The number of halogens is 3. The molecule has 2 aromatic carbocycles. The second-order valence-electron chi connectivity index (χ2n) is 6.95. The Bertz CT molecular complexity index is 1070. The van der Waals surface area contributed by atoms with Gasteiger partial charge in [-0.2, -0.15) is 18.4 Å². The smallest absolute Gasteiger partial charge is 0.325 e. The Morgan fingerprint density at radius 1 is 1.23 bits per heavy atom. The third-order valence-electron chi connectivity index (χ3n) is 4.69. The number of benzene rings is 2. The molecule has 0 saturated carbocycles. The standard InChI is InChI=1S/C22H18F3N3O2S/c1-13-6-8-14(9-7-13)15-10-19(29)28-21(16(15)11-26)31-12-20(30)27-18-5-3-2-4-17(18)22(23,24)25/h2-9,15H,10,12H2,1H3,(H,27,30)(H,28,29)/t15-/m0/s1. The van der Waals surface area contributed by atoms with Gasteiger partial charge in [0.15, 0.2) is 0 Å². The third-order valence-corrected chi connectivity index (χ3v) is 5.71. The first kappa shape index (κ1) is 22.4. The minimum Gasteiger partial charge on any atom is -0.325 e. The van der Waals surface area contributed by atoms with E-state index in [4.69, 9.17) is 0 Å². The molecule has 2 N–H and O–H groups in total. The molecule has 0 aliphatic carbocycles. The van der Waals surface area contributed by atoms with Crippen molar-refractivity contribution in [2.45, 2.75) is 25.4 Å². The topological polar surface area (TPSA) is 82.0 Å². The predicted molar refractivity (Wildman–Crippen MR) is 112 cm³/mol. The van der Waals surface area contributed by atoms with E-state index in [2.05, 4.69) is 16.7 Å². The van der Waals surface area contributed by atoms with Crippen LogP contribution in [0.4, 0.5) is 18.9 Å². The van der Waals surface area contributed by atoms with E-state index in [1.807, 2.05) is 31.2 Å². The van der Waals surface area contributed by atoms with Crippen molar-refractivity contribution in [3.05, 3.63) is 75.8 Å². The molecule has 2 aromatic rings. The number of thioether (sulfide) groups is 1. The normalized spacial score (nSPS) is 16.5. The van der Waals surface area contributed by atoms with Gasteiger partial charge < -0.3 is 10.6 Å². The first-order valence-corrected chi connectivity index (χ1v) is 10.3. The monoisotopic (exact) mass is 445 g/mol. The van der Waals surface area contributed by atoms with Crippen molar-refractivity contribution < 1.29 is 22.8 Å². The lowest BCUT2D eigenvalue weighted by Crippen LogP contribution is -2.31. The molecule has 160 valence electrons. The first-order valence-electron chi connectivity index (χ1n) is 9.28. The number of nitriles is 1. The predicted octanol–water partition coefficient (Wildman–Crippen LogP) is 4.72. The van der Waals surface area contributed by atoms with E-state index in [0.29, 0.717) is 5.57 Å². The fraction of sp³-hybridized carbons (Fsp3) is 0.227. The highest BCUT2D eigenvalue weighted by atomic mass is 32.2. The molecule has 0 unspecified atom stereocenters. The molecule has 3 rings (SSSR count). The van der Waals surface area contributed by atoms with Crippen LogP contribution in [0.15, 0.2) is 59.1 Å². The molecule has 1 atom stereocenters. The minimum atomic E-state index is -4.61. The van der Waals surface area contributed by atoms with Crippen molar-refractivity contribution in [3.63, 3.8) is 0 Å². The molecule has 31 heavy (non-hydrogen) atoms. The number of hydrogen-bond donors (Lipinski definition) is 2. The Labute approximate surface area is 181 Å². The van der Waals surface area contributed by atoms with E-state index in [1.54, 1.807) is 0 Å². The van der Waals surface area contributed by atoms with Crippen molar-refractivity contribution in [2.24, 2.45) is 0 Å². The van der Waals surface area contributed by atoms with Gasteiger partial charge in [0.1, 0.15) is 0 Å². The molecule has 5 nitrogen and oxygen atoms in total. The molecule has 0 aromatic heterocycles. The summed E-state index contributed by atoms with van der Waals surface area (Å²) in [6.45, 7) is 1.93. The summed E-state index contributed by atoms with van der Waals surface area (Å²) in [5, 5.41) is 14.8. The van der Waals surface area contributed by atoms with E-state index >= 15 is 0 Å². The van der Waals surface area contributed by atoms with E-state index in [1.165, 1.54) is 18.2 Å². The summed E-state index contributed by atoms with van der Waals surface area (Å²) in [7, 11) is 0. The summed E-state index contributed by atoms with van der Waals surface area (Å²) in [6.07, 6.45) is -4.51. The van der Waals surface area contributed by atoms with Crippen LogP contribution in [0, 0.1) is 18.3 Å². The highest BCUT2D eigenvalue weighted by Gasteiger charge is 2.34. The molecule has 1 aliphatic heterocycles. The Morgan fingerprint density at radius 2 is 1.90 bits per heavy atom. The zero-order valence-electron chi connectivity index (χ0n) is 16.4. The fourth-order valence-corrected chi connectivity index (χ4v) is 4.06. The number of hydrogen-bond acceptors (Lipinski definition) is 4. The van der Waals surface area contributed by atoms with Gasteiger partial charge in [-0.1, -0.05) is 53.7 Å². The van der Waals surface area contributed by atoms with Crippen LogP contribution in [0.25, 0.3) is 0 Å². The van der Waals surface area contributed by atoms with Crippen LogP contribution in [0.5, 0.6) is 0 Å². The molecule has 0 bridgehead atoms. The number of amides is 2. The lowest BCUT2D eigenvalue weighted by molar-refractivity contribution is -0.137. The summed E-state index contributed by atoms with van der Waals surface area (Å²) in [5.41, 5.74) is 0.864. The Hall–Kier alpha value is -3.25. The maximum atomic E-state index is 13.1. The molecular weight excluding hydrogens is 427 g/mol. The van der Waals surface area contributed by atoms with Crippen LogP contribution in [0.1, 0.15) is 29.0 Å². The van der Waals surface area contributed by atoms with Crippen molar-refractivity contribution in [3.8, 4) is 6.07 Å². The van der Waals surface area contributed by atoms with Gasteiger partial charge in [0.2, 0.25) is 11.8 Å². The SMILES string of the molecule is Cc1ccc([C@@H]2CC(=O)NC(SCC(=O)Nc3ccccc3C(F)(F)F)=C2C#N)cc1. The van der Waals surface area contributed by atoms with Gasteiger partial charge in [0, 0.05) is 12.3 Å². The number of carbonyl (C=O) groups excluding carboxylic acids is 2. The van der Waals surface area contributed by atoms with Crippen LogP contribution in [0.3, 0.4) is 0 Å². The summed E-state index contributed by atoms with van der Waals surface area (Å²) < 4.78 is 39.3. The van der Waals surface area contributed by atoms with Gasteiger partial charge in [0.25, 0.3) is 0 Å². The Balaban J connectivity index is 1.77. The summed E-state index contributed by atoms with van der Waals surface area (Å²) in [6, 6.07) is 14.2. The van der Waals surface area contributed by atoms with Crippen LogP contribution >= 0.6 is 11.8 Å². The van der Waals surface area contributed by atoms with Gasteiger partial charge in [-0.3, -0.25) is 9.59 Å². The Morgan fingerprint density at radius 3 is 2.55 bits per heavy atom. The third kappa shape index (κ3) is 5.47. The molecule has 2 amide bonds. The van der Waals surface area contributed by atoms with E-state index < -0.39 is 23.6 Å². The molecule has 1 aliphatic rings. The number of nitrogens with zero attached hydrogens (tertiary/aromatic N) is 1. The minimum absolute atomic E-state index is 0.0984. The number of carbonyl (C=O) groups is 2. The second kappa shape index (κ2) is 9.27. The van der Waals surface area contributed by atoms with Gasteiger partial charge in [-0.05, 0) is 24.6 Å². The number of nitrogens with one attached hydrogen (secondary N) is 2. The number of allylic oxidation sites excluding steroid dienone is 1. The maximum absolute atomic E-state index is 13.1. The molecule has 9 heteroatoms. The molecule has 0 radical (unpaired) electrons. The van der Waals surface area contributed by atoms with Gasteiger partial charge >= 0.3 is 6.18 Å². The van der Waals surface area contributed by atoms with Gasteiger partial charge in [-0.25, -0.2) is 0 Å². The lowest BCUT2D eigenvalue weighted by Gasteiger charge is -2.25. The number of alkyl halides is 3. The van der Waals surface area contributed by atoms with Gasteiger partial charge in [-0.15, -0.1) is 0 Å². The van der Waals surface area contributed by atoms with Gasteiger partial charge in [0.05, 0.1) is 33.7 Å². The average Bonchev–Trinajstić information content (AvgIpc) is 2.72. The molecule has 1 heterocycles. The first-order chi connectivity index (χ1) is 14.7. The number of para-hydroxylation sites is 1. The summed E-state index contributed by atoms with van der Waals surface area (Å²) in [5.74, 6) is -1.70. The molecular formula is C22H18F3N3O2S. The van der Waals surface area contributed by atoms with Crippen molar-refractivity contribution >= 4 is 29.3 Å². The lowest BCUT2D eigenvalue weighted by atomic mass is 9.87. The maximum Gasteiger partial charge on any atom is 0.418 e. The van der Waals surface area contributed by atoms with Crippen LogP contribution in [0.2, 0.25) is 0 Å². The van der Waals surface area contributed by atoms with E-state index in [0.717, 1.165) is 29.0 Å². The Kier molecular flexibility index (Phi) is 6.71. The van der Waals surface area contributed by atoms with E-state index in [9.17, 15) is 28.0 Å². The zero-order valence-corrected chi connectivity index (χ0v) is 17.2. The van der Waals surface area contributed by atoms with E-state index in [-0.39, 0.29) is 28.8 Å². The van der Waals surface area contributed by atoms with Crippen LogP contribution < -0.4 is 10.6 Å². The highest BCUT2D eigenvalue weighted by molar-refractivity contribution is 8.03. The van der Waals surface area contributed by atoms with Crippen LogP contribution in [-0.4, -0.2) is 17.6 Å². The second-order valence-corrected chi connectivity index (χ2v) is 7.94.